The van der Waals surface area contributed by atoms with Gasteiger partial charge in [-0.15, -0.1) is 0 Å². The zero-order valence-electron chi connectivity index (χ0n) is 8.52. The molecule has 0 aliphatic carbocycles. The van der Waals surface area contributed by atoms with Gasteiger partial charge in [-0.05, 0) is 52.9 Å². The molecule has 3 N–H and O–H groups in total. The average Bonchev–Trinajstić information content (AvgIpc) is 2.29. The van der Waals surface area contributed by atoms with E-state index in [9.17, 15) is 0 Å². The molecule has 0 radical (unpaired) electrons. The zero-order valence-corrected chi connectivity index (χ0v) is 10.7. The normalized spacial score (nSPS) is 10.1. The molecule has 0 aliphatic heterocycles. The Morgan fingerprint density at radius 1 is 1.31 bits per heavy atom. The van der Waals surface area contributed by atoms with Gasteiger partial charge in [0, 0.05) is 9.77 Å². The molecule has 0 amide bonds. The quantitative estimate of drug-likeness (QED) is 0.671. The third-order valence-electron chi connectivity index (χ3n) is 2.10. The molecular formula is C11H11IN4. The van der Waals surface area contributed by atoms with Crippen LogP contribution in [-0.4, -0.2) is 10.2 Å². The fraction of sp³-hybridized carbons (Fsp3) is 0.0909. The van der Waals surface area contributed by atoms with Crippen molar-refractivity contribution >= 4 is 34.0 Å². The summed E-state index contributed by atoms with van der Waals surface area (Å²) in [6.45, 7) is 0.624. The van der Waals surface area contributed by atoms with E-state index in [1.165, 1.54) is 0 Å². The van der Waals surface area contributed by atoms with Gasteiger partial charge in [-0.3, -0.25) is 0 Å². The van der Waals surface area contributed by atoms with E-state index in [2.05, 4.69) is 38.1 Å². The number of nitrogens with zero attached hydrogens (tertiary/aromatic N) is 2. The van der Waals surface area contributed by atoms with Gasteiger partial charge in [-0.25, -0.2) is 0 Å². The van der Waals surface area contributed by atoms with E-state index in [4.69, 9.17) is 5.73 Å². The van der Waals surface area contributed by atoms with Gasteiger partial charge in [-0.2, -0.15) is 10.2 Å². The first-order valence-corrected chi connectivity index (χ1v) is 5.89. The maximum atomic E-state index is 5.88. The second-order valence-corrected chi connectivity index (χ2v) is 4.55. The molecule has 82 valence electrons. The monoisotopic (exact) mass is 326 g/mol. The molecule has 0 fully saturated rings. The molecule has 0 saturated heterocycles. The summed E-state index contributed by atoms with van der Waals surface area (Å²) in [6.07, 6.45) is 1.66. The SMILES string of the molecule is Nc1cc(I)ccc1NCc1cccnn1. The number of aromatic nitrogens is 2. The molecule has 4 nitrogen and oxygen atoms in total. The van der Waals surface area contributed by atoms with Crippen LogP contribution in [0.4, 0.5) is 11.4 Å². The highest BCUT2D eigenvalue weighted by Crippen LogP contribution is 2.21. The first kappa shape index (κ1) is 11.1. The minimum atomic E-state index is 0.624. The largest absolute Gasteiger partial charge is 0.397 e. The summed E-state index contributed by atoms with van der Waals surface area (Å²) >= 11 is 2.23. The molecule has 0 bridgehead atoms. The Balaban J connectivity index is 2.05. The van der Waals surface area contributed by atoms with E-state index in [0.717, 1.165) is 20.6 Å². The number of anilines is 2. The van der Waals surface area contributed by atoms with Gasteiger partial charge in [0.2, 0.25) is 0 Å². The summed E-state index contributed by atoms with van der Waals surface area (Å²) in [5.74, 6) is 0. The van der Waals surface area contributed by atoms with Gasteiger partial charge < -0.3 is 11.1 Å². The van der Waals surface area contributed by atoms with Crippen molar-refractivity contribution in [2.75, 3.05) is 11.1 Å². The fourth-order valence-electron chi connectivity index (χ4n) is 1.31. The van der Waals surface area contributed by atoms with E-state index in [0.29, 0.717) is 6.54 Å². The second kappa shape index (κ2) is 5.11. The second-order valence-electron chi connectivity index (χ2n) is 3.30. The standard InChI is InChI=1S/C11H11IN4/c12-8-3-4-11(10(13)6-8)14-7-9-2-1-5-15-16-9/h1-6,14H,7,13H2. The van der Waals surface area contributed by atoms with Crippen LogP contribution in [0.3, 0.4) is 0 Å². The number of nitrogen functional groups attached to an aromatic ring is 1. The number of benzene rings is 1. The van der Waals surface area contributed by atoms with Crippen molar-refractivity contribution in [2.24, 2.45) is 0 Å². The first-order valence-electron chi connectivity index (χ1n) is 4.81. The van der Waals surface area contributed by atoms with Crippen LogP contribution >= 0.6 is 22.6 Å². The molecule has 5 heteroatoms. The Morgan fingerprint density at radius 2 is 2.19 bits per heavy atom. The van der Waals surface area contributed by atoms with Gasteiger partial charge in [0.15, 0.2) is 0 Å². The summed E-state index contributed by atoms with van der Waals surface area (Å²) < 4.78 is 1.13. The molecule has 0 atom stereocenters. The minimum absolute atomic E-state index is 0.624. The Hall–Kier alpha value is -1.37. The molecule has 1 aromatic carbocycles. The highest BCUT2D eigenvalue weighted by molar-refractivity contribution is 14.1. The van der Waals surface area contributed by atoms with E-state index in [-0.39, 0.29) is 0 Å². The van der Waals surface area contributed by atoms with E-state index in [1.807, 2.05) is 30.3 Å². The number of hydrogen-bond donors (Lipinski definition) is 2. The van der Waals surface area contributed by atoms with Crippen LogP contribution in [0.2, 0.25) is 0 Å². The van der Waals surface area contributed by atoms with Crippen LogP contribution in [0, 0.1) is 3.57 Å². The molecule has 16 heavy (non-hydrogen) atoms. The Bertz CT molecular complexity index is 473. The summed E-state index contributed by atoms with van der Waals surface area (Å²) in [6, 6.07) is 9.69. The number of rotatable bonds is 3. The topological polar surface area (TPSA) is 63.8 Å². The lowest BCUT2D eigenvalue weighted by Gasteiger charge is -2.08. The molecule has 0 aliphatic rings. The van der Waals surface area contributed by atoms with Crippen LogP contribution in [0.5, 0.6) is 0 Å². The molecule has 1 heterocycles. The number of halogens is 1. The third kappa shape index (κ3) is 2.82. The lowest BCUT2D eigenvalue weighted by molar-refractivity contribution is 0.925. The maximum Gasteiger partial charge on any atom is 0.0821 e. The van der Waals surface area contributed by atoms with Gasteiger partial charge in [0.25, 0.3) is 0 Å². The van der Waals surface area contributed by atoms with Crippen molar-refractivity contribution < 1.29 is 0 Å². The number of nitrogens with one attached hydrogen (secondary N) is 1. The molecule has 0 unspecified atom stereocenters. The van der Waals surface area contributed by atoms with Gasteiger partial charge >= 0.3 is 0 Å². The zero-order chi connectivity index (χ0) is 11.4. The molecule has 2 rings (SSSR count). The van der Waals surface area contributed by atoms with Crippen LogP contribution in [0.25, 0.3) is 0 Å². The van der Waals surface area contributed by atoms with E-state index >= 15 is 0 Å². The Kier molecular flexibility index (Phi) is 3.55. The molecule has 2 aromatic rings. The summed E-state index contributed by atoms with van der Waals surface area (Å²) in [5.41, 5.74) is 8.44. The van der Waals surface area contributed by atoms with Crippen molar-refractivity contribution in [1.82, 2.24) is 10.2 Å². The van der Waals surface area contributed by atoms with Crippen molar-refractivity contribution in [3.63, 3.8) is 0 Å². The Morgan fingerprint density at radius 3 is 2.88 bits per heavy atom. The maximum absolute atomic E-state index is 5.88. The first-order chi connectivity index (χ1) is 7.75. The summed E-state index contributed by atoms with van der Waals surface area (Å²) in [4.78, 5) is 0. The van der Waals surface area contributed by atoms with Crippen molar-refractivity contribution in [3.05, 3.63) is 45.8 Å². The van der Waals surface area contributed by atoms with Crippen LogP contribution in [-0.2, 0) is 6.54 Å². The van der Waals surface area contributed by atoms with Crippen LogP contribution in [0.15, 0.2) is 36.5 Å². The van der Waals surface area contributed by atoms with Crippen molar-refractivity contribution in [3.8, 4) is 0 Å². The van der Waals surface area contributed by atoms with Gasteiger partial charge in [-0.1, -0.05) is 0 Å². The van der Waals surface area contributed by atoms with Crippen molar-refractivity contribution in [1.29, 1.82) is 0 Å². The number of nitrogens with two attached hydrogens (primary N) is 1. The van der Waals surface area contributed by atoms with Gasteiger partial charge in [0.1, 0.15) is 0 Å². The smallest absolute Gasteiger partial charge is 0.0821 e. The molecule has 1 aromatic heterocycles. The van der Waals surface area contributed by atoms with E-state index in [1.54, 1.807) is 6.20 Å². The summed E-state index contributed by atoms with van der Waals surface area (Å²) in [5, 5.41) is 11.0. The number of hydrogen-bond acceptors (Lipinski definition) is 4. The van der Waals surface area contributed by atoms with Gasteiger partial charge in [0.05, 0.1) is 23.6 Å². The van der Waals surface area contributed by atoms with Crippen LogP contribution in [0.1, 0.15) is 5.69 Å². The predicted molar refractivity (Wildman–Crippen MR) is 72.9 cm³/mol. The van der Waals surface area contributed by atoms with Crippen LogP contribution < -0.4 is 11.1 Å². The highest BCUT2D eigenvalue weighted by Gasteiger charge is 2.00. The average molecular weight is 326 g/mol. The molecular weight excluding hydrogens is 315 g/mol. The Labute approximate surface area is 107 Å². The molecule has 0 saturated carbocycles. The minimum Gasteiger partial charge on any atom is -0.397 e. The lowest BCUT2D eigenvalue weighted by atomic mass is 10.2. The molecule has 0 spiro atoms. The van der Waals surface area contributed by atoms with E-state index < -0.39 is 0 Å². The highest BCUT2D eigenvalue weighted by atomic mass is 127. The van der Waals surface area contributed by atoms with Crippen molar-refractivity contribution in [2.45, 2.75) is 6.54 Å². The third-order valence-corrected chi connectivity index (χ3v) is 2.77. The fourth-order valence-corrected chi connectivity index (χ4v) is 1.82. The predicted octanol–water partition coefficient (Wildman–Crippen LogP) is 2.28. The lowest BCUT2D eigenvalue weighted by Crippen LogP contribution is -2.04. The summed E-state index contributed by atoms with van der Waals surface area (Å²) in [7, 11) is 0.